The van der Waals surface area contributed by atoms with E-state index in [1.165, 1.54) is 0 Å². The molecule has 1 aliphatic rings. The molecule has 6 nitrogen and oxygen atoms in total. The molecule has 0 radical (unpaired) electrons. The van der Waals surface area contributed by atoms with Gasteiger partial charge in [-0.25, -0.2) is 4.98 Å². The molecule has 3 rings (SSSR count). The molecule has 2 unspecified atom stereocenters. The highest BCUT2D eigenvalue weighted by Crippen LogP contribution is 2.20. The molecule has 0 aliphatic carbocycles. The number of hydrogen-bond acceptors (Lipinski definition) is 3. The Hall–Kier alpha value is -2.37. The van der Waals surface area contributed by atoms with Crippen molar-refractivity contribution < 1.29 is 9.59 Å². The average molecular weight is 328 g/mol. The van der Waals surface area contributed by atoms with Crippen LogP contribution >= 0.6 is 0 Å². The molecule has 1 aromatic heterocycles. The quantitative estimate of drug-likeness (QED) is 0.904. The number of H-pyrrole nitrogens is 1. The standard InChI is InChI=1S/C18H24N4O2/c1-11(2)16(18(24)22-8-4-5-12(22)3)21-17(23)13-6-7-14-15(9-13)20-10-19-14/h6-7,9-12,16H,4-5,8H2,1-3H3,(H,19,20)(H,21,23). The lowest BCUT2D eigenvalue weighted by Gasteiger charge is -2.29. The molecule has 1 saturated heterocycles. The van der Waals surface area contributed by atoms with E-state index in [1.54, 1.807) is 24.5 Å². The molecule has 1 aliphatic heterocycles. The summed E-state index contributed by atoms with van der Waals surface area (Å²) >= 11 is 0. The van der Waals surface area contributed by atoms with Gasteiger partial charge in [0, 0.05) is 18.2 Å². The van der Waals surface area contributed by atoms with Crippen molar-refractivity contribution in [2.45, 2.75) is 45.7 Å². The second-order valence-electron chi connectivity index (χ2n) is 6.85. The highest BCUT2D eigenvalue weighted by Gasteiger charge is 2.33. The number of likely N-dealkylation sites (tertiary alicyclic amines) is 1. The molecular formula is C18H24N4O2. The molecule has 128 valence electrons. The zero-order chi connectivity index (χ0) is 17.3. The van der Waals surface area contributed by atoms with E-state index < -0.39 is 6.04 Å². The van der Waals surface area contributed by atoms with Gasteiger partial charge in [0.05, 0.1) is 17.4 Å². The Bertz CT molecular complexity index is 752. The fraction of sp³-hybridized carbons (Fsp3) is 0.500. The maximum absolute atomic E-state index is 12.8. The number of nitrogens with zero attached hydrogens (tertiary/aromatic N) is 2. The first kappa shape index (κ1) is 16.5. The molecule has 2 aromatic rings. The minimum atomic E-state index is -0.504. The van der Waals surface area contributed by atoms with Crippen molar-refractivity contribution in [1.82, 2.24) is 20.2 Å². The lowest BCUT2D eigenvalue weighted by Crippen LogP contribution is -2.52. The third-order valence-corrected chi connectivity index (χ3v) is 4.74. The van der Waals surface area contributed by atoms with Crippen molar-refractivity contribution in [3.8, 4) is 0 Å². The minimum Gasteiger partial charge on any atom is -0.345 e. The fourth-order valence-electron chi connectivity index (χ4n) is 3.25. The first-order chi connectivity index (χ1) is 11.5. The summed E-state index contributed by atoms with van der Waals surface area (Å²) in [5, 5.41) is 2.92. The van der Waals surface area contributed by atoms with E-state index in [1.807, 2.05) is 18.7 Å². The van der Waals surface area contributed by atoms with E-state index in [4.69, 9.17) is 0 Å². The van der Waals surface area contributed by atoms with E-state index in [0.717, 1.165) is 30.4 Å². The number of nitrogens with one attached hydrogen (secondary N) is 2. The van der Waals surface area contributed by atoms with Crippen molar-refractivity contribution in [3.63, 3.8) is 0 Å². The Kier molecular flexibility index (Phi) is 4.55. The Morgan fingerprint density at radius 2 is 2.17 bits per heavy atom. The van der Waals surface area contributed by atoms with Crippen LogP contribution in [0.4, 0.5) is 0 Å². The van der Waals surface area contributed by atoms with E-state index in [0.29, 0.717) is 5.56 Å². The maximum Gasteiger partial charge on any atom is 0.252 e. The smallest absolute Gasteiger partial charge is 0.252 e. The predicted molar refractivity (Wildman–Crippen MR) is 92.6 cm³/mol. The van der Waals surface area contributed by atoms with Crippen molar-refractivity contribution >= 4 is 22.8 Å². The van der Waals surface area contributed by atoms with Crippen molar-refractivity contribution in [2.75, 3.05) is 6.54 Å². The number of carbonyl (C=O) groups excluding carboxylic acids is 2. The van der Waals surface area contributed by atoms with Crippen molar-refractivity contribution in [2.24, 2.45) is 5.92 Å². The minimum absolute atomic E-state index is 0.0194. The Balaban J connectivity index is 1.77. The summed E-state index contributed by atoms with van der Waals surface area (Å²) in [6, 6.07) is 5.04. The van der Waals surface area contributed by atoms with Crippen LogP contribution in [0.3, 0.4) is 0 Å². The van der Waals surface area contributed by atoms with Crippen LogP contribution < -0.4 is 5.32 Å². The first-order valence-corrected chi connectivity index (χ1v) is 8.52. The molecule has 0 bridgehead atoms. The second kappa shape index (κ2) is 6.63. The van der Waals surface area contributed by atoms with Gasteiger partial charge in [-0.05, 0) is 43.9 Å². The highest BCUT2D eigenvalue weighted by molar-refractivity contribution is 5.99. The van der Waals surface area contributed by atoms with Crippen LogP contribution in [0.2, 0.25) is 0 Å². The zero-order valence-corrected chi connectivity index (χ0v) is 14.4. The summed E-state index contributed by atoms with van der Waals surface area (Å²) in [5.41, 5.74) is 2.15. The molecule has 2 amide bonds. The summed E-state index contributed by atoms with van der Waals surface area (Å²) < 4.78 is 0. The number of rotatable bonds is 4. The van der Waals surface area contributed by atoms with Crippen molar-refractivity contribution in [3.05, 3.63) is 30.1 Å². The number of aromatic nitrogens is 2. The highest BCUT2D eigenvalue weighted by atomic mass is 16.2. The van der Waals surface area contributed by atoms with Crippen LogP contribution in [0, 0.1) is 5.92 Å². The molecule has 2 heterocycles. The predicted octanol–water partition coefficient (Wildman–Crippen LogP) is 2.33. The fourth-order valence-corrected chi connectivity index (χ4v) is 3.25. The summed E-state index contributed by atoms with van der Waals surface area (Å²) in [6.07, 6.45) is 3.66. The van der Waals surface area contributed by atoms with Gasteiger partial charge >= 0.3 is 0 Å². The lowest BCUT2D eigenvalue weighted by atomic mass is 10.0. The SMILES string of the molecule is CC(C)C(NC(=O)c1ccc2nc[nH]c2c1)C(=O)N1CCCC1C. The zero-order valence-electron chi connectivity index (χ0n) is 14.4. The third-order valence-electron chi connectivity index (χ3n) is 4.74. The molecule has 1 fully saturated rings. The largest absolute Gasteiger partial charge is 0.345 e. The maximum atomic E-state index is 12.8. The van der Waals surface area contributed by atoms with E-state index in [-0.39, 0.29) is 23.8 Å². The number of imidazole rings is 1. The molecule has 0 saturated carbocycles. The van der Waals surface area contributed by atoms with Crippen LogP contribution in [0.15, 0.2) is 24.5 Å². The van der Waals surface area contributed by atoms with Gasteiger partial charge in [-0.2, -0.15) is 0 Å². The number of fused-ring (bicyclic) bond motifs is 1. The number of amides is 2. The van der Waals surface area contributed by atoms with E-state index in [2.05, 4.69) is 22.2 Å². The Morgan fingerprint density at radius 3 is 2.83 bits per heavy atom. The monoisotopic (exact) mass is 328 g/mol. The van der Waals surface area contributed by atoms with Crippen LogP contribution in [0.1, 0.15) is 44.0 Å². The van der Waals surface area contributed by atoms with Crippen LogP contribution in [-0.4, -0.2) is 45.3 Å². The Morgan fingerprint density at radius 1 is 1.38 bits per heavy atom. The number of carbonyl (C=O) groups is 2. The van der Waals surface area contributed by atoms with Gasteiger partial charge in [-0.3, -0.25) is 9.59 Å². The molecule has 24 heavy (non-hydrogen) atoms. The average Bonchev–Trinajstić information content (AvgIpc) is 3.19. The number of benzene rings is 1. The second-order valence-corrected chi connectivity index (χ2v) is 6.85. The molecule has 2 N–H and O–H groups in total. The van der Waals surface area contributed by atoms with E-state index >= 15 is 0 Å². The molecule has 1 aromatic carbocycles. The topological polar surface area (TPSA) is 78.1 Å². The number of hydrogen-bond donors (Lipinski definition) is 2. The number of aromatic amines is 1. The van der Waals surface area contributed by atoms with Crippen LogP contribution in [-0.2, 0) is 4.79 Å². The summed E-state index contributed by atoms with van der Waals surface area (Å²) in [4.78, 5) is 34.5. The van der Waals surface area contributed by atoms with Gasteiger partial charge in [0.15, 0.2) is 0 Å². The first-order valence-electron chi connectivity index (χ1n) is 8.52. The molecule has 0 spiro atoms. The van der Waals surface area contributed by atoms with Crippen LogP contribution in [0.5, 0.6) is 0 Å². The molecule has 6 heteroatoms. The molecular weight excluding hydrogens is 304 g/mol. The Labute approximate surface area is 141 Å². The van der Waals surface area contributed by atoms with E-state index in [9.17, 15) is 9.59 Å². The van der Waals surface area contributed by atoms with Gasteiger partial charge in [0.1, 0.15) is 6.04 Å². The summed E-state index contributed by atoms with van der Waals surface area (Å²) in [6.45, 7) is 6.76. The van der Waals surface area contributed by atoms with Gasteiger partial charge < -0.3 is 15.2 Å². The normalized spacial score (nSPS) is 19.0. The lowest BCUT2D eigenvalue weighted by molar-refractivity contribution is -0.134. The molecule has 2 atom stereocenters. The van der Waals surface area contributed by atoms with Crippen LogP contribution in [0.25, 0.3) is 11.0 Å². The van der Waals surface area contributed by atoms with Gasteiger partial charge in [-0.15, -0.1) is 0 Å². The van der Waals surface area contributed by atoms with Gasteiger partial charge in [0.25, 0.3) is 5.91 Å². The third kappa shape index (κ3) is 3.13. The van der Waals surface area contributed by atoms with Gasteiger partial charge in [0.2, 0.25) is 5.91 Å². The van der Waals surface area contributed by atoms with Gasteiger partial charge in [-0.1, -0.05) is 13.8 Å². The summed E-state index contributed by atoms with van der Waals surface area (Å²) in [7, 11) is 0. The van der Waals surface area contributed by atoms with Crippen molar-refractivity contribution in [1.29, 1.82) is 0 Å². The summed E-state index contributed by atoms with van der Waals surface area (Å²) in [5.74, 6) is -0.179.